The van der Waals surface area contributed by atoms with Gasteiger partial charge in [0.15, 0.2) is 0 Å². The second-order valence-corrected chi connectivity index (χ2v) is 7.85. The molecule has 0 amide bonds. The first-order valence-electron chi connectivity index (χ1n) is 9.81. The van der Waals surface area contributed by atoms with Crippen molar-refractivity contribution in [2.24, 2.45) is 5.92 Å². The van der Waals surface area contributed by atoms with E-state index in [9.17, 15) is 10.2 Å². The van der Waals surface area contributed by atoms with Crippen LogP contribution in [-0.4, -0.2) is 34.7 Å². The van der Waals surface area contributed by atoms with Gasteiger partial charge in [-0.3, -0.25) is 0 Å². The molecular weight excluding hydrogens is 322 g/mol. The van der Waals surface area contributed by atoms with Gasteiger partial charge in [0.05, 0.1) is 5.60 Å². The fourth-order valence-electron chi connectivity index (χ4n) is 4.25. The first-order valence-corrected chi connectivity index (χ1v) is 9.81. The van der Waals surface area contributed by atoms with E-state index in [0.29, 0.717) is 0 Å². The molecular formula is C23H31NO2. The number of likely N-dealkylation sites (tertiary alicyclic amines) is 1. The molecule has 2 unspecified atom stereocenters. The molecule has 0 radical (unpaired) electrons. The maximum atomic E-state index is 12.0. The second-order valence-electron chi connectivity index (χ2n) is 7.85. The minimum atomic E-state index is -0.994. The van der Waals surface area contributed by atoms with E-state index in [1.165, 1.54) is 24.8 Å². The molecule has 0 aromatic heterocycles. The molecule has 140 valence electrons. The van der Waals surface area contributed by atoms with Crippen LogP contribution in [0.4, 0.5) is 0 Å². The van der Waals surface area contributed by atoms with Crippen LogP contribution in [0.5, 0.6) is 5.75 Å². The quantitative estimate of drug-likeness (QED) is 0.803. The van der Waals surface area contributed by atoms with Crippen LogP contribution < -0.4 is 0 Å². The fourth-order valence-corrected chi connectivity index (χ4v) is 4.25. The van der Waals surface area contributed by atoms with Gasteiger partial charge in [0, 0.05) is 12.5 Å². The predicted molar refractivity (Wildman–Crippen MR) is 106 cm³/mol. The third-order valence-corrected chi connectivity index (χ3v) is 5.83. The predicted octanol–water partition coefficient (Wildman–Crippen LogP) is 4.51. The van der Waals surface area contributed by atoms with Crippen molar-refractivity contribution in [3.05, 3.63) is 65.7 Å². The lowest BCUT2D eigenvalue weighted by Gasteiger charge is -2.43. The Labute approximate surface area is 157 Å². The van der Waals surface area contributed by atoms with Crippen LogP contribution in [0.15, 0.2) is 54.6 Å². The summed E-state index contributed by atoms with van der Waals surface area (Å²) in [7, 11) is 0. The van der Waals surface area contributed by atoms with Crippen molar-refractivity contribution in [3.63, 3.8) is 0 Å². The first-order chi connectivity index (χ1) is 12.5. The molecule has 1 aliphatic heterocycles. The molecule has 0 spiro atoms. The molecule has 1 fully saturated rings. The van der Waals surface area contributed by atoms with Crippen molar-refractivity contribution < 1.29 is 10.2 Å². The van der Waals surface area contributed by atoms with E-state index in [0.717, 1.165) is 25.2 Å². The molecule has 2 aromatic carbocycles. The molecule has 2 aromatic rings. The Morgan fingerprint density at radius 2 is 1.54 bits per heavy atom. The summed E-state index contributed by atoms with van der Waals surface area (Å²) >= 11 is 0. The van der Waals surface area contributed by atoms with Gasteiger partial charge >= 0.3 is 0 Å². The van der Waals surface area contributed by atoms with Crippen LogP contribution in [0.25, 0.3) is 0 Å². The van der Waals surface area contributed by atoms with Crippen molar-refractivity contribution in [1.29, 1.82) is 0 Å². The standard InChI is InChI=1S/C23H31NO2/c1-18(2)23(26,20-11-13-21(25)14-12-20)22(19-9-5-3-6-10-19)17-24-15-7-4-8-16-24/h3,5-6,9-14,18,22,25-26H,4,7-8,15-17H2,1-2H3. The molecule has 2 N–H and O–H groups in total. The topological polar surface area (TPSA) is 43.7 Å². The smallest absolute Gasteiger partial charge is 0.115 e. The average Bonchev–Trinajstić information content (AvgIpc) is 2.67. The molecule has 0 bridgehead atoms. The largest absolute Gasteiger partial charge is 0.508 e. The molecule has 3 nitrogen and oxygen atoms in total. The van der Waals surface area contributed by atoms with Crippen molar-refractivity contribution >= 4 is 0 Å². The van der Waals surface area contributed by atoms with E-state index in [1.54, 1.807) is 12.1 Å². The molecule has 1 heterocycles. The Hall–Kier alpha value is -1.84. The van der Waals surface area contributed by atoms with E-state index < -0.39 is 5.60 Å². The van der Waals surface area contributed by atoms with Gasteiger partial charge in [0.1, 0.15) is 5.75 Å². The Morgan fingerprint density at radius 1 is 0.923 bits per heavy atom. The highest BCUT2D eigenvalue weighted by atomic mass is 16.3. The summed E-state index contributed by atoms with van der Waals surface area (Å²) in [4.78, 5) is 2.49. The second kappa shape index (κ2) is 8.24. The van der Waals surface area contributed by atoms with E-state index in [4.69, 9.17) is 0 Å². The average molecular weight is 354 g/mol. The van der Waals surface area contributed by atoms with E-state index in [2.05, 4.69) is 43.0 Å². The van der Waals surface area contributed by atoms with Crippen LogP contribution in [0, 0.1) is 5.92 Å². The molecule has 1 saturated heterocycles. The van der Waals surface area contributed by atoms with Gasteiger partial charge in [-0.15, -0.1) is 0 Å². The summed E-state index contributed by atoms with van der Waals surface area (Å²) in [5.41, 5.74) is 1.05. The monoisotopic (exact) mass is 353 g/mol. The van der Waals surface area contributed by atoms with Gasteiger partial charge in [-0.05, 0) is 55.1 Å². The van der Waals surface area contributed by atoms with Crippen LogP contribution >= 0.6 is 0 Å². The zero-order valence-corrected chi connectivity index (χ0v) is 15.9. The van der Waals surface area contributed by atoms with Crippen molar-refractivity contribution in [2.45, 2.75) is 44.6 Å². The molecule has 3 heteroatoms. The summed E-state index contributed by atoms with van der Waals surface area (Å²) in [6, 6.07) is 17.5. The summed E-state index contributed by atoms with van der Waals surface area (Å²) in [6.45, 7) is 7.22. The Kier molecular flexibility index (Phi) is 6.00. The Morgan fingerprint density at radius 3 is 2.12 bits per heavy atom. The third-order valence-electron chi connectivity index (χ3n) is 5.83. The minimum absolute atomic E-state index is 0.0219. The minimum Gasteiger partial charge on any atom is -0.508 e. The molecule has 26 heavy (non-hydrogen) atoms. The number of aromatic hydroxyl groups is 1. The number of rotatable bonds is 6. The van der Waals surface area contributed by atoms with E-state index >= 15 is 0 Å². The van der Waals surface area contributed by atoms with E-state index in [-0.39, 0.29) is 17.6 Å². The van der Waals surface area contributed by atoms with Crippen molar-refractivity contribution in [2.75, 3.05) is 19.6 Å². The molecule has 2 atom stereocenters. The van der Waals surface area contributed by atoms with Crippen LogP contribution in [0.3, 0.4) is 0 Å². The first kappa shape index (κ1) is 18.9. The maximum Gasteiger partial charge on any atom is 0.115 e. The fraction of sp³-hybridized carbons (Fsp3) is 0.478. The maximum absolute atomic E-state index is 12.0. The number of benzene rings is 2. The number of piperidine rings is 1. The van der Waals surface area contributed by atoms with Crippen LogP contribution in [0.2, 0.25) is 0 Å². The molecule has 0 aliphatic carbocycles. The lowest BCUT2D eigenvalue weighted by Crippen LogP contribution is -2.45. The number of hydrogen-bond donors (Lipinski definition) is 2. The van der Waals surface area contributed by atoms with Gasteiger partial charge in [-0.1, -0.05) is 62.7 Å². The van der Waals surface area contributed by atoms with Gasteiger partial charge in [-0.2, -0.15) is 0 Å². The van der Waals surface area contributed by atoms with Gasteiger partial charge < -0.3 is 15.1 Å². The van der Waals surface area contributed by atoms with E-state index in [1.807, 2.05) is 18.2 Å². The van der Waals surface area contributed by atoms with Crippen LogP contribution in [0.1, 0.15) is 50.2 Å². The number of nitrogens with zero attached hydrogens (tertiary/aromatic N) is 1. The number of hydrogen-bond acceptors (Lipinski definition) is 3. The zero-order valence-electron chi connectivity index (χ0n) is 15.9. The zero-order chi connectivity index (χ0) is 18.6. The van der Waals surface area contributed by atoms with Crippen molar-refractivity contribution in [3.8, 4) is 5.75 Å². The number of aliphatic hydroxyl groups is 1. The normalized spacial score (nSPS) is 19.2. The van der Waals surface area contributed by atoms with Gasteiger partial charge in [-0.25, -0.2) is 0 Å². The summed E-state index contributed by atoms with van der Waals surface area (Å²) < 4.78 is 0. The highest BCUT2D eigenvalue weighted by Gasteiger charge is 2.43. The lowest BCUT2D eigenvalue weighted by atomic mass is 9.70. The van der Waals surface area contributed by atoms with Crippen LogP contribution in [-0.2, 0) is 5.60 Å². The Bertz CT molecular complexity index is 677. The van der Waals surface area contributed by atoms with Gasteiger partial charge in [0.25, 0.3) is 0 Å². The summed E-state index contributed by atoms with van der Waals surface area (Å²) in [5, 5.41) is 21.7. The lowest BCUT2D eigenvalue weighted by molar-refractivity contribution is -0.0473. The summed E-state index contributed by atoms with van der Waals surface area (Å²) in [6.07, 6.45) is 3.78. The van der Waals surface area contributed by atoms with Crippen molar-refractivity contribution in [1.82, 2.24) is 4.90 Å². The highest BCUT2D eigenvalue weighted by molar-refractivity contribution is 5.35. The number of phenols is 1. The summed E-state index contributed by atoms with van der Waals surface area (Å²) in [5.74, 6) is 0.250. The number of phenolic OH excluding ortho intramolecular Hbond substituents is 1. The Balaban J connectivity index is 2.02. The molecule has 3 rings (SSSR count). The van der Waals surface area contributed by atoms with Gasteiger partial charge in [0.2, 0.25) is 0 Å². The molecule has 1 aliphatic rings. The molecule has 0 saturated carbocycles. The SMILES string of the molecule is CC(C)C(O)(c1ccc(O)cc1)C(CN1CCCCC1)c1ccccc1. The highest BCUT2D eigenvalue weighted by Crippen LogP contribution is 2.43. The third kappa shape index (κ3) is 3.94.